The molecule has 2 heterocycles. The van der Waals surface area contributed by atoms with Gasteiger partial charge in [0.25, 0.3) is 5.71 Å². The molecule has 0 spiro atoms. The summed E-state index contributed by atoms with van der Waals surface area (Å²) in [6.07, 6.45) is 2.11. The third kappa shape index (κ3) is 2.26. The van der Waals surface area contributed by atoms with Gasteiger partial charge in [0.05, 0.1) is 29.0 Å². The predicted molar refractivity (Wildman–Crippen MR) is 63.4 cm³/mol. The standard InChI is InChI=1S/C11H14N4O2/c1-3-9(12)10(16)14-7-4-8-6(2)15-17-11(8)13-5-7/h4-5,9H,3,12H2,1-2H3,(H,14,16)/t9-/m0/s1. The number of carbonyl (C=O) groups excluding carboxylic acids is 1. The van der Waals surface area contributed by atoms with Crippen molar-refractivity contribution in [3.05, 3.63) is 18.0 Å². The number of anilines is 1. The monoisotopic (exact) mass is 234 g/mol. The van der Waals surface area contributed by atoms with E-state index in [4.69, 9.17) is 10.3 Å². The summed E-state index contributed by atoms with van der Waals surface area (Å²) in [5.74, 6) is -0.220. The van der Waals surface area contributed by atoms with Gasteiger partial charge in [-0.1, -0.05) is 12.1 Å². The Morgan fingerprint density at radius 1 is 1.65 bits per heavy atom. The van der Waals surface area contributed by atoms with E-state index in [1.54, 1.807) is 6.07 Å². The summed E-state index contributed by atoms with van der Waals surface area (Å²) in [6.45, 7) is 3.67. The average molecular weight is 234 g/mol. The molecular weight excluding hydrogens is 220 g/mol. The van der Waals surface area contributed by atoms with Crippen LogP contribution in [-0.4, -0.2) is 22.1 Å². The molecule has 0 aliphatic carbocycles. The summed E-state index contributed by atoms with van der Waals surface area (Å²) < 4.78 is 4.98. The first-order valence-electron chi connectivity index (χ1n) is 5.40. The molecule has 3 N–H and O–H groups in total. The summed E-state index contributed by atoms with van der Waals surface area (Å²) in [5.41, 5.74) is 7.42. The Hall–Kier alpha value is -1.95. The molecule has 1 amide bonds. The van der Waals surface area contributed by atoms with Crippen molar-refractivity contribution in [1.29, 1.82) is 0 Å². The average Bonchev–Trinajstić information content (AvgIpc) is 2.70. The van der Waals surface area contributed by atoms with Gasteiger partial charge in [-0.25, -0.2) is 4.98 Å². The number of fused-ring (bicyclic) bond motifs is 1. The van der Waals surface area contributed by atoms with Crippen molar-refractivity contribution in [2.45, 2.75) is 26.3 Å². The summed E-state index contributed by atoms with van der Waals surface area (Å²) in [5, 5.41) is 7.28. The van der Waals surface area contributed by atoms with Gasteiger partial charge in [0.2, 0.25) is 5.91 Å². The zero-order valence-corrected chi connectivity index (χ0v) is 9.73. The fourth-order valence-corrected chi connectivity index (χ4v) is 1.43. The first-order chi connectivity index (χ1) is 8.11. The maximum Gasteiger partial charge on any atom is 0.258 e. The number of nitrogens with zero attached hydrogens (tertiary/aromatic N) is 2. The maximum absolute atomic E-state index is 11.6. The molecule has 2 aromatic heterocycles. The lowest BCUT2D eigenvalue weighted by Crippen LogP contribution is -2.34. The first-order valence-corrected chi connectivity index (χ1v) is 5.40. The van der Waals surface area contributed by atoms with Crippen LogP contribution in [0.2, 0.25) is 0 Å². The van der Waals surface area contributed by atoms with Crippen molar-refractivity contribution in [2.75, 3.05) is 5.32 Å². The zero-order valence-electron chi connectivity index (χ0n) is 9.73. The SMILES string of the molecule is CC[C@H](N)C(=O)Nc1cnc2onc(C)c2c1. The second-order valence-corrected chi connectivity index (χ2v) is 3.85. The molecule has 0 aliphatic rings. The van der Waals surface area contributed by atoms with Gasteiger partial charge in [0.1, 0.15) is 0 Å². The molecule has 2 rings (SSSR count). The van der Waals surface area contributed by atoms with E-state index < -0.39 is 6.04 Å². The van der Waals surface area contributed by atoms with Gasteiger partial charge < -0.3 is 15.6 Å². The summed E-state index contributed by atoms with van der Waals surface area (Å²) in [6, 6.07) is 1.27. The van der Waals surface area contributed by atoms with Gasteiger partial charge in [-0.2, -0.15) is 0 Å². The molecule has 6 nitrogen and oxygen atoms in total. The predicted octanol–water partition coefficient (Wildman–Crippen LogP) is 1.21. The van der Waals surface area contributed by atoms with Gasteiger partial charge in [-0.05, 0) is 19.4 Å². The van der Waals surface area contributed by atoms with Crippen LogP contribution in [0.1, 0.15) is 19.0 Å². The molecule has 2 aromatic rings. The highest BCUT2D eigenvalue weighted by atomic mass is 16.5. The van der Waals surface area contributed by atoms with Crippen molar-refractivity contribution < 1.29 is 9.32 Å². The number of hydrogen-bond donors (Lipinski definition) is 2. The van der Waals surface area contributed by atoms with E-state index in [0.29, 0.717) is 17.8 Å². The smallest absolute Gasteiger partial charge is 0.258 e. The largest absolute Gasteiger partial charge is 0.336 e. The van der Waals surface area contributed by atoms with Crippen LogP contribution < -0.4 is 11.1 Å². The minimum Gasteiger partial charge on any atom is -0.336 e. The van der Waals surface area contributed by atoms with Crippen LogP contribution in [0.25, 0.3) is 11.1 Å². The highest BCUT2D eigenvalue weighted by molar-refractivity contribution is 5.96. The Bertz CT molecular complexity index is 549. The minimum atomic E-state index is -0.505. The molecule has 0 saturated carbocycles. The fourth-order valence-electron chi connectivity index (χ4n) is 1.43. The minimum absolute atomic E-state index is 0.220. The fraction of sp³-hybridized carbons (Fsp3) is 0.364. The number of pyridine rings is 1. The van der Waals surface area contributed by atoms with Crippen molar-refractivity contribution >= 4 is 22.7 Å². The number of rotatable bonds is 3. The van der Waals surface area contributed by atoms with Gasteiger partial charge in [-0.15, -0.1) is 0 Å². The Balaban J connectivity index is 2.24. The molecule has 1 atom stereocenters. The molecule has 0 aliphatic heterocycles. The van der Waals surface area contributed by atoms with E-state index in [-0.39, 0.29) is 5.91 Å². The second kappa shape index (κ2) is 4.50. The van der Waals surface area contributed by atoms with Crippen LogP contribution in [0, 0.1) is 6.92 Å². The van der Waals surface area contributed by atoms with Crippen molar-refractivity contribution in [3.63, 3.8) is 0 Å². The number of aryl methyl sites for hydroxylation is 1. The van der Waals surface area contributed by atoms with Gasteiger partial charge >= 0.3 is 0 Å². The number of carbonyl (C=O) groups is 1. The number of nitrogens with one attached hydrogen (secondary N) is 1. The van der Waals surface area contributed by atoms with E-state index in [0.717, 1.165) is 11.1 Å². The number of hydrogen-bond acceptors (Lipinski definition) is 5. The van der Waals surface area contributed by atoms with Crippen molar-refractivity contribution in [1.82, 2.24) is 10.1 Å². The maximum atomic E-state index is 11.6. The lowest BCUT2D eigenvalue weighted by molar-refractivity contribution is -0.117. The number of aromatic nitrogens is 2. The Kier molecular flexibility index (Phi) is 3.06. The van der Waals surface area contributed by atoms with E-state index in [9.17, 15) is 4.79 Å². The first kappa shape index (κ1) is 11.5. The van der Waals surface area contributed by atoms with Crippen LogP contribution >= 0.6 is 0 Å². The van der Waals surface area contributed by atoms with E-state index >= 15 is 0 Å². The highest BCUT2D eigenvalue weighted by Crippen LogP contribution is 2.19. The number of nitrogens with two attached hydrogens (primary N) is 1. The Morgan fingerprint density at radius 2 is 2.41 bits per heavy atom. The zero-order chi connectivity index (χ0) is 12.4. The Morgan fingerprint density at radius 3 is 3.12 bits per heavy atom. The van der Waals surface area contributed by atoms with Crippen molar-refractivity contribution in [3.8, 4) is 0 Å². The third-order valence-electron chi connectivity index (χ3n) is 2.55. The second-order valence-electron chi connectivity index (χ2n) is 3.85. The lowest BCUT2D eigenvalue weighted by Gasteiger charge is -2.09. The molecule has 0 aromatic carbocycles. The molecule has 0 unspecified atom stereocenters. The highest BCUT2D eigenvalue weighted by Gasteiger charge is 2.12. The van der Waals surface area contributed by atoms with Crippen LogP contribution in [0.5, 0.6) is 0 Å². The summed E-state index contributed by atoms with van der Waals surface area (Å²) in [4.78, 5) is 15.7. The van der Waals surface area contributed by atoms with Gasteiger partial charge in [0, 0.05) is 0 Å². The molecule has 90 valence electrons. The van der Waals surface area contributed by atoms with Crippen molar-refractivity contribution in [2.24, 2.45) is 5.73 Å². The molecular formula is C11H14N4O2. The van der Waals surface area contributed by atoms with E-state index in [1.807, 2.05) is 13.8 Å². The van der Waals surface area contributed by atoms with E-state index in [1.165, 1.54) is 6.20 Å². The third-order valence-corrected chi connectivity index (χ3v) is 2.55. The van der Waals surface area contributed by atoms with Crippen LogP contribution in [0.3, 0.4) is 0 Å². The topological polar surface area (TPSA) is 94.0 Å². The Labute approximate surface area is 98.2 Å². The summed E-state index contributed by atoms with van der Waals surface area (Å²) in [7, 11) is 0. The quantitative estimate of drug-likeness (QED) is 0.832. The molecule has 0 fully saturated rings. The van der Waals surface area contributed by atoms with Crippen LogP contribution in [-0.2, 0) is 4.79 Å². The van der Waals surface area contributed by atoms with Gasteiger partial charge in [-0.3, -0.25) is 4.79 Å². The molecule has 0 saturated heterocycles. The van der Waals surface area contributed by atoms with Crippen LogP contribution in [0.15, 0.2) is 16.8 Å². The normalized spacial score (nSPS) is 12.6. The number of amides is 1. The summed E-state index contributed by atoms with van der Waals surface area (Å²) >= 11 is 0. The van der Waals surface area contributed by atoms with Crippen LogP contribution in [0.4, 0.5) is 5.69 Å². The molecule has 0 bridgehead atoms. The lowest BCUT2D eigenvalue weighted by atomic mass is 10.2. The molecule has 17 heavy (non-hydrogen) atoms. The molecule has 6 heteroatoms. The molecule has 0 radical (unpaired) electrons. The van der Waals surface area contributed by atoms with Gasteiger partial charge in [0.15, 0.2) is 0 Å². The van der Waals surface area contributed by atoms with E-state index in [2.05, 4.69) is 15.5 Å².